The van der Waals surface area contributed by atoms with Crippen LogP contribution in [0.4, 0.5) is 30.4 Å². The summed E-state index contributed by atoms with van der Waals surface area (Å²) in [5, 5.41) is 14.5. The summed E-state index contributed by atoms with van der Waals surface area (Å²) in [5.41, 5.74) is 2.28. The average molecular weight is 561 g/mol. The van der Waals surface area contributed by atoms with Crippen LogP contribution in [0.15, 0.2) is 48.3 Å². The maximum atomic E-state index is 12.8. The number of piperazine rings is 1. The van der Waals surface area contributed by atoms with Crippen molar-refractivity contribution in [3.8, 4) is 0 Å². The molecule has 40 heavy (non-hydrogen) atoms. The summed E-state index contributed by atoms with van der Waals surface area (Å²) >= 11 is 0. The molecule has 218 valence electrons. The summed E-state index contributed by atoms with van der Waals surface area (Å²) in [6, 6.07) is 7.50. The summed E-state index contributed by atoms with van der Waals surface area (Å²) in [7, 11) is 0. The molecule has 0 saturated carbocycles. The fourth-order valence-corrected chi connectivity index (χ4v) is 5.54. The first-order chi connectivity index (χ1) is 19.1. The molecule has 0 unspecified atom stereocenters. The highest BCUT2D eigenvalue weighted by Crippen LogP contribution is 2.31. The molecule has 4 rings (SSSR count). The van der Waals surface area contributed by atoms with Gasteiger partial charge in [0.15, 0.2) is 0 Å². The van der Waals surface area contributed by atoms with E-state index >= 15 is 0 Å². The summed E-state index contributed by atoms with van der Waals surface area (Å²) in [6.45, 7) is 10.3. The third kappa shape index (κ3) is 7.87. The molecule has 2 aliphatic rings. The number of aryl methyl sites for hydroxylation is 1. The SMILES string of the molecule is CC/C=C(\CCCN1CCN(c2ccc(C(F)(F)F)cc2)CC1)N1CCC(Nc2cc(C)c([N+](=O)[O-])cn2)CC1. The number of hydrogen-bond acceptors (Lipinski definition) is 7. The Morgan fingerprint density at radius 3 is 2.38 bits per heavy atom. The van der Waals surface area contributed by atoms with Gasteiger partial charge >= 0.3 is 6.18 Å². The van der Waals surface area contributed by atoms with Crippen LogP contribution in [-0.2, 0) is 6.18 Å². The molecule has 2 fully saturated rings. The topological polar surface area (TPSA) is 77.8 Å². The van der Waals surface area contributed by atoms with Gasteiger partial charge in [-0.25, -0.2) is 4.98 Å². The van der Waals surface area contributed by atoms with Gasteiger partial charge in [-0.1, -0.05) is 13.0 Å². The lowest BCUT2D eigenvalue weighted by molar-refractivity contribution is -0.385. The van der Waals surface area contributed by atoms with Crippen molar-refractivity contribution in [1.29, 1.82) is 0 Å². The number of hydrogen-bond donors (Lipinski definition) is 1. The molecule has 0 bridgehead atoms. The van der Waals surface area contributed by atoms with Crippen LogP contribution in [0, 0.1) is 17.0 Å². The molecule has 8 nitrogen and oxygen atoms in total. The van der Waals surface area contributed by atoms with Crippen LogP contribution in [0.2, 0.25) is 0 Å². The van der Waals surface area contributed by atoms with Crippen molar-refractivity contribution in [2.75, 3.05) is 56.0 Å². The quantitative estimate of drug-likeness (QED) is 0.278. The molecule has 2 saturated heterocycles. The Bertz CT molecular complexity index is 1160. The highest BCUT2D eigenvalue weighted by atomic mass is 19.4. The zero-order valence-corrected chi connectivity index (χ0v) is 23.3. The van der Waals surface area contributed by atoms with Gasteiger partial charge in [0.25, 0.3) is 5.69 Å². The van der Waals surface area contributed by atoms with Crippen LogP contribution < -0.4 is 10.2 Å². The normalized spacial score (nSPS) is 17.8. The first kappa shape index (κ1) is 29.6. The number of alkyl halides is 3. The lowest BCUT2D eigenvalue weighted by Gasteiger charge is -2.37. The Kier molecular flexibility index (Phi) is 9.89. The zero-order valence-electron chi connectivity index (χ0n) is 23.3. The van der Waals surface area contributed by atoms with Crippen LogP contribution in [0.1, 0.15) is 50.2 Å². The highest BCUT2D eigenvalue weighted by molar-refractivity contribution is 5.49. The number of anilines is 2. The van der Waals surface area contributed by atoms with Crippen molar-refractivity contribution in [2.45, 2.75) is 58.2 Å². The van der Waals surface area contributed by atoms with Gasteiger partial charge in [0.1, 0.15) is 12.0 Å². The number of rotatable bonds is 10. The van der Waals surface area contributed by atoms with Crippen molar-refractivity contribution >= 4 is 17.2 Å². The lowest BCUT2D eigenvalue weighted by Crippen LogP contribution is -2.46. The highest BCUT2D eigenvalue weighted by Gasteiger charge is 2.30. The molecule has 0 aliphatic carbocycles. The van der Waals surface area contributed by atoms with E-state index in [1.165, 1.54) is 11.9 Å². The Balaban J connectivity index is 1.19. The van der Waals surface area contributed by atoms with Crippen molar-refractivity contribution in [1.82, 2.24) is 14.8 Å². The second kappa shape index (κ2) is 13.3. The van der Waals surface area contributed by atoms with Gasteiger partial charge in [-0.3, -0.25) is 15.0 Å². The van der Waals surface area contributed by atoms with Gasteiger partial charge in [-0.15, -0.1) is 0 Å². The van der Waals surface area contributed by atoms with Crippen LogP contribution in [-0.4, -0.2) is 71.6 Å². The van der Waals surface area contributed by atoms with E-state index in [1.807, 2.05) is 0 Å². The summed E-state index contributed by atoms with van der Waals surface area (Å²) in [5.74, 6) is 0.685. The van der Waals surface area contributed by atoms with Crippen LogP contribution in [0.25, 0.3) is 0 Å². The van der Waals surface area contributed by atoms with Gasteiger partial charge < -0.3 is 15.1 Å². The number of aromatic nitrogens is 1. The van der Waals surface area contributed by atoms with E-state index in [2.05, 4.69) is 38.0 Å². The lowest BCUT2D eigenvalue weighted by atomic mass is 10.0. The fraction of sp³-hybridized carbons (Fsp3) is 0.552. The average Bonchev–Trinajstić information content (AvgIpc) is 2.93. The summed E-state index contributed by atoms with van der Waals surface area (Å²) in [6.07, 6.45) is 4.38. The molecule has 2 aromatic rings. The monoisotopic (exact) mass is 560 g/mol. The molecule has 0 spiro atoms. The molecule has 0 radical (unpaired) electrons. The Morgan fingerprint density at radius 1 is 1.12 bits per heavy atom. The molecule has 2 aliphatic heterocycles. The van der Waals surface area contributed by atoms with E-state index in [4.69, 9.17) is 0 Å². The second-order valence-electron chi connectivity index (χ2n) is 10.6. The molecule has 1 aromatic carbocycles. The number of likely N-dealkylation sites (tertiary alicyclic amines) is 1. The van der Waals surface area contributed by atoms with E-state index in [0.717, 1.165) is 95.7 Å². The molecule has 3 heterocycles. The maximum absolute atomic E-state index is 12.8. The predicted molar refractivity (Wildman–Crippen MR) is 152 cm³/mol. The minimum absolute atomic E-state index is 0.0377. The largest absolute Gasteiger partial charge is 0.416 e. The number of halogens is 3. The maximum Gasteiger partial charge on any atom is 0.416 e. The number of nitro groups is 1. The summed E-state index contributed by atoms with van der Waals surface area (Å²) in [4.78, 5) is 22.0. The van der Waals surface area contributed by atoms with Gasteiger partial charge in [0, 0.05) is 62.3 Å². The Hall–Kier alpha value is -3.34. The Morgan fingerprint density at radius 2 is 1.80 bits per heavy atom. The second-order valence-corrected chi connectivity index (χ2v) is 10.6. The standard InChI is InChI=1S/C29H39F3N6O2/c1-3-5-25(36-14-11-24(12-15-36)34-28-20-22(2)27(21-33-28)38(39)40)6-4-13-35-16-18-37(19-17-35)26-9-7-23(8-10-26)29(30,31)32/h5,7-10,20-21,24H,3-4,6,11-19H2,1-2H3,(H,33,34)/b25-5+. The van der Waals surface area contributed by atoms with Gasteiger partial charge in [0.05, 0.1) is 10.5 Å². The van der Waals surface area contributed by atoms with E-state index in [-0.39, 0.29) is 11.7 Å². The zero-order chi connectivity index (χ0) is 28.7. The van der Waals surface area contributed by atoms with E-state index < -0.39 is 16.7 Å². The molecule has 0 atom stereocenters. The fourth-order valence-electron chi connectivity index (χ4n) is 5.54. The van der Waals surface area contributed by atoms with Gasteiger partial charge in [-0.2, -0.15) is 13.2 Å². The van der Waals surface area contributed by atoms with Crippen molar-refractivity contribution in [3.05, 3.63) is 69.5 Å². The van der Waals surface area contributed by atoms with Crippen LogP contribution in [0.5, 0.6) is 0 Å². The predicted octanol–water partition coefficient (Wildman–Crippen LogP) is 6.09. The third-order valence-electron chi connectivity index (χ3n) is 7.81. The molecular formula is C29H39F3N6O2. The molecule has 0 amide bonds. The third-order valence-corrected chi connectivity index (χ3v) is 7.81. The van der Waals surface area contributed by atoms with Crippen molar-refractivity contribution in [2.24, 2.45) is 0 Å². The van der Waals surface area contributed by atoms with E-state index in [9.17, 15) is 23.3 Å². The van der Waals surface area contributed by atoms with Gasteiger partial charge in [-0.05, 0) is 75.9 Å². The van der Waals surface area contributed by atoms with Gasteiger partial charge in [0.2, 0.25) is 0 Å². The van der Waals surface area contributed by atoms with Crippen molar-refractivity contribution < 1.29 is 18.1 Å². The van der Waals surface area contributed by atoms with Crippen LogP contribution >= 0.6 is 0 Å². The minimum atomic E-state index is -4.30. The van der Waals surface area contributed by atoms with E-state index in [1.54, 1.807) is 25.1 Å². The number of pyridine rings is 1. The first-order valence-electron chi connectivity index (χ1n) is 14.1. The number of piperidine rings is 1. The van der Waals surface area contributed by atoms with Crippen LogP contribution in [0.3, 0.4) is 0 Å². The first-order valence-corrected chi connectivity index (χ1v) is 14.1. The number of nitrogens with one attached hydrogen (secondary N) is 1. The minimum Gasteiger partial charge on any atom is -0.375 e. The summed E-state index contributed by atoms with van der Waals surface area (Å²) < 4.78 is 38.5. The number of benzene rings is 1. The molecule has 11 heteroatoms. The number of nitrogens with zero attached hydrogens (tertiary/aromatic N) is 5. The van der Waals surface area contributed by atoms with Crippen molar-refractivity contribution in [3.63, 3.8) is 0 Å². The smallest absolute Gasteiger partial charge is 0.375 e. The van der Waals surface area contributed by atoms with E-state index in [0.29, 0.717) is 11.4 Å². The molecular weight excluding hydrogens is 521 g/mol. The number of allylic oxidation sites excluding steroid dienone is 2. The Labute approximate surface area is 234 Å². The molecule has 1 N–H and O–H groups in total. The molecule has 1 aromatic heterocycles.